The summed E-state index contributed by atoms with van der Waals surface area (Å²) in [6, 6.07) is 14.1. The Labute approximate surface area is 177 Å². The van der Waals surface area contributed by atoms with E-state index < -0.39 is 37.1 Å². The molecule has 2 aromatic carbocycles. The van der Waals surface area contributed by atoms with Gasteiger partial charge in [0.25, 0.3) is 0 Å². The number of fused-ring (bicyclic) bond motifs is 1. The molecular formula is C21H21NO7Se. The van der Waals surface area contributed by atoms with Gasteiger partial charge >= 0.3 is 177 Å². The van der Waals surface area contributed by atoms with Crippen molar-refractivity contribution >= 4 is 30.2 Å². The van der Waals surface area contributed by atoms with E-state index in [1.807, 2.05) is 18.2 Å². The normalized spacial score (nSPS) is 26.7. The van der Waals surface area contributed by atoms with Crippen molar-refractivity contribution in [2.45, 2.75) is 36.9 Å². The Hall–Kier alpha value is -2.10. The molecule has 0 amide bonds. The Morgan fingerprint density at radius 2 is 1.63 bits per heavy atom. The Morgan fingerprint density at radius 1 is 0.967 bits per heavy atom. The van der Waals surface area contributed by atoms with Gasteiger partial charge in [0.1, 0.15) is 0 Å². The summed E-state index contributed by atoms with van der Waals surface area (Å²) < 4.78 is 8.11. The fourth-order valence-corrected chi connectivity index (χ4v) is 5.67. The van der Waals surface area contributed by atoms with E-state index in [4.69, 9.17) is 4.74 Å². The average Bonchev–Trinajstić information content (AvgIpc) is 3.11. The molecule has 8 nitrogen and oxygen atoms in total. The number of carbonyl (C=O) groups is 1. The van der Waals surface area contributed by atoms with E-state index in [0.29, 0.717) is 16.6 Å². The zero-order valence-electron chi connectivity index (χ0n) is 15.8. The third-order valence-corrected chi connectivity index (χ3v) is 7.63. The number of hydrogen-bond acceptors (Lipinski definition) is 7. The van der Waals surface area contributed by atoms with Gasteiger partial charge in [-0.3, -0.25) is 0 Å². The van der Waals surface area contributed by atoms with Gasteiger partial charge in [-0.25, -0.2) is 0 Å². The third-order valence-electron chi connectivity index (χ3n) is 5.29. The molecule has 2 heterocycles. The molecule has 2 unspecified atom stereocenters. The van der Waals surface area contributed by atoms with E-state index in [1.54, 1.807) is 33.9 Å². The quantitative estimate of drug-likeness (QED) is 0.287. The predicted molar refractivity (Wildman–Crippen MR) is 109 cm³/mol. The van der Waals surface area contributed by atoms with Gasteiger partial charge in [0, 0.05) is 0 Å². The van der Waals surface area contributed by atoms with Crippen LogP contribution in [0.4, 0.5) is 0 Å². The Balaban J connectivity index is 1.52. The second kappa shape index (κ2) is 8.56. The minimum atomic E-state index is -1.51. The van der Waals surface area contributed by atoms with Crippen LogP contribution in [0, 0.1) is 0 Å². The van der Waals surface area contributed by atoms with Gasteiger partial charge in [-0.1, -0.05) is 0 Å². The van der Waals surface area contributed by atoms with Crippen LogP contribution < -0.4 is 5.56 Å². The molecule has 0 saturated carbocycles. The third kappa shape index (κ3) is 3.81. The van der Waals surface area contributed by atoms with Gasteiger partial charge in [0.2, 0.25) is 0 Å². The second-order valence-electron chi connectivity index (χ2n) is 7.23. The summed E-state index contributed by atoms with van der Waals surface area (Å²) in [5.74, 6) is -0.326. The van der Waals surface area contributed by atoms with Crippen molar-refractivity contribution in [1.82, 2.24) is 3.56 Å². The van der Waals surface area contributed by atoms with Crippen molar-refractivity contribution in [1.29, 1.82) is 0 Å². The Bertz CT molecular complexity index is 1100. The fourth-order valence-electron chi connectivity index (χ4n) is 3.57. The van der Waals surface area contributed by atoms with Gasteiger partial charge in [-0.05, 0) is 0 Å². The van der Waals surface area contributed by atoms with Crippen molar-refractivity contribution in [2.24, 2.45) is 0 Å². The van der Waals surface area contributed by atoms with E-state index in [2.05, 4.69) is 0 Å². The zero-order chi connectivity index (χ0) is 21.4. The Morgan fingerprint density at radius 3 is 2.30 bits per heavy atom. The number of ketones is 1. The van der Waals surface area contributed by atoms with Gasteiger partial charge in [0.05, 0.1) is 0 Å². The number of Topliss-reactive ketones (excluding diaryl/α,β-unsaturated/α-hetero) is 1. The molecule has 5 atom stereocenters. The molecule has 1 aromatic heterocycles. The predicted octanol–water partition coefficient (Wildman–Crippen LogP) is -0.537. The first-order valence-electron chi connectivity index (χ1n) is 9.46. The topological polar surface area (TPSA) is 129 Å². The van der Waals surface area contributed by atoms with Gasteiger partial charge in [-0.2, -0.15) is 0 Å². The van der Waals surface area contributed by atoms with Crippen molar-refractivity contribution in [3.63, 3.8) is 0 Å². The maximum atomic E-state index is 12.6. The molecule has 30 heavy (non-hydrogen) atoms. The summed E-state index contributed by atoms with van der Waals surface area (Å²) in [5, 5.41) is 39.8. The number of aliphatic hydroxyl groups excluding tert-OH is 4. The molecule has 0 spiro atoms. The SMILES string of the molecule is O=C(C[C@@H]1OC(CO)[C@H](O)[C@H](O)C1O)c1ccc(-n2[se]c3ccccc3c2=O)cc1. The summed E-state index contributed by atoms with van der Waals surface area (Å²) in [6.45, 7) is -0.543. The number of rotatable bonds is 5. The molecule has 0 bridgehead atoms. The molecular weight excluding hydrogens is 457 g/mol. The minimum absolute atomic E-state index is 0.0639. The molecule has 1 fully saturated rings. The van der Waals surface area contributed by atoms with Crippen LogP contribution in [-0.2, 0) is 4.74 Å². The van der Waals surface area contributed by atoms with Crippen LogP contribution in [0.5, 0.6) is 0 Å². The first kappa shape index (κ1) is 21.1. The van der Waals surface area contributed by atoms with E-state index in [9.17, 15) is 30.0 Å². The van der Waals surface area contributed by atoms with Crippen LogP contribution in [0.15, 0.2) is 53.3 Å². The maximum absolute atomic E-state index is 12.6. The summed E-state index contributed by atoms with van der Waals surface area (Å²) in [6.07, 6.45) is -6.74. The molecule has 0 radical (unpaired) electrons. The van der Waals surface area contributed by atoms with E-state index in [-0.39, 0.29) is 32.5 Å². The van der Waals surface area contributed by atoms with Crippen LogP contribution in [0.3, 0.4) is 0 Å². The molecule has 1 saturated heterocycles. The Kier molecular flexibility index (Phi) is 6.04. The van der Waals surface area contributed by atoms with Crippen LogP contribution in [-0.4, -0.2) is 81.6 Å². The standard InChI is InChI=1S/C21H21NO7Se/c23-10-16-19(26)20(27)18(25)15(29-16)9-14(24)11-5-7-12(8-6-11)22-21(28)13-3-1-2-4-17(13)30-22/h1-8,15-16,18-20,23,25-27H,9-10H2/t15-,16?,18?,19-,20+/m0/s1. The molecule has 0 aliphatic carbocycles. The van der Waals surface area contributed by atoms with Crippen molar-refractivity contribution in [3.8, 4) is 5.69 Å². The van der Waals surface area contributed by atoms with Crippen molar-refractivity contribution in [2.75, 3.05) is 6.61 Å². The summed E-state index contributed by atoms with van der Waals surface area (Å²) in [4.78, 5) is 25.2. The van der Waals surface area contributed by atoms with Crippen LogP contribution >= 0.6 is 0 Å². The molecule has 3 aromatic rings. The number of ether oxygens (including phenoxy) is 1. The number of aromatic nitrogens is 1. The fraction of sp³-hybridized carbons (Fsp3) is 0.333. The average molecular weight is 478 g/mol. The summed E-state index contributed by atoms with van der Waals surface area (Å²) in [5.41, 5.74) is 0.999. The molecule has 9 heteroatoms. The molecule has 1 aliphatic heterocycles. The van der Waals surface area contributed by atoms with Crippen LogP contribution in [0.2, 0.25) is 0 Å². The zero-order valence-corrected chi connectivity index (χ0v) is 17.5. The number of carbonyl (C=O) groups excluding carboxylic acids is 1. The van der Waals surface area contributed by atoms with Gasteiger partial charge in [0.15, 0.2) is 0 Å². The van der Waals surface area contributed by atoms with Crippen molar-refractivity contribution in [3.05, 3.63) is 64.4 Å². The van der Waals surface area contributed by atoms with Gasteiger partial charge < -0.3 is 0 Å². The van der Waals surface area contributed by atoms with E-state index >= 15 is 0 Å². The molecule has 158 valence electrons. The number of benzene rings is 2. The number of aliphatic hydroxyl groups is 4. The molecule has 4 rings (SSSR count). The first-order chi connectivity index (χ1) is 14.4. The van der Waals surface area contributed by atoms with Crippen LogP contribution in [0.25, 0.3) is 15.3 Å². The second-order valence-corrected chi connectivity index (χ2v) is 9.30. The summed E-state index contributed by atoms with van der Waals surface area (Å²) in [7, 11) is 0. The van der Waals surface area contributed by atoms with E-state index in [1.165, 1.54) is 0 Å². The number of nitrogens with zero attached hydrogens (tertiary/aromatic N) is 1. The first-order valence-corrected chi connectivity index (χ1v) is 11.1. The van der Waals surface area contributed by atoms with E-state index in [0.717, 1.165) is 4.26 Å². The van der Waals surface area contributed by atoms with Crippen molar-refractivity contribution < 1.29 is 30.0 Å². The monoisotopic (exact) mass is 479 g/mol. The summed E-state index contributed by atoms with van der Waals surface area (Å²) >= 11 is -0.171. The van der Waals surface area contributed by atoms with Gasteiger partial charge in [-0.15, -0.1) is 0 Å². The number of hydrogen-bond donors (Lipinski definition) is 4. The molecule has 1 aliphatic rings. The molecule has 4 N–H and O–H groups in total. The van der Waals surface area contributed by atoms with Crippen LogP contribution in [0.1, 0.15) is 16.8 Å².